The van der Waals surface area contributed by atoms with E-state index in [1.54, 1.807) is 0 Å². The van der Waals surface area contributed by atoms with Crippen molar-refractivity contribution in [2.45, 2.75) is 71.9 Å². The van der Waals surface area contributed by atoms with Crippen molar-refractivity contribution in [1.82, 2.24) is 4.90 Å². The molecule has 1 saturated carbocycles. The van der Waals surface area contributed by atoms with Gasteiger partial charge in [-0.1, -0.05) is 26.7 Å². The summed E-state index contributed by atoms with van der Waals surface area (Å²) in [5.41, 5.74) is 2.96. The van der Waals surface area contributed by atoms with Crippen LogP contribution in [0.2, 0.25) is 0 Å². The highest BCUT2D eigenvalue weighted by Crippen LogP contribution is 2.29. The Hall–Kier alpha value is -2.04. The molecule has 1 N–H and O–H groups in total. The van der Waals surface area contributed by atoms with Crippen LogP contribution in [-0.2, 0) is 16.1 Å². The minimum absolute atomic E-state index is 0.125. The number of hydrogen-bond donors (Lipinski definition) is 1. The van der Waals surface area contributed by atoms with Crippen LogP contribution in [0.25, 0.3) is 0 Å². The van der Waals surface area contributed by atoms with Gasteiger partial charge in [-0.3, -0.25) is 9.59 Å². The van der Waals surface area contributed by atoms with E-state index in [2.05, 4.69) is 24.1 Å². The van der Waals surface area contributed by atoms with Gasteiger partial charge in [0.15, 0.2) is 0 Å². The number of carbonyl (C=O) groups excluding carboxylic acids is 2. The van der Waals surface area contributed by atoms with E-state index in [9.17, 15) is 9.59 Å². The molecule has 1 fully saturated rings. The van der Waals surface area contributed by atoms with Crippen molar-refractivity contribution >= 4 is 23.2 Å². The summed E-state index contributed by atoms with van der Waals surface area (Å²) in [7, 11) is 4.01. The summed E-state index contributed by atoms with van der Waals surface area (Å²) < 4.78 is 0. The number of hydrogen-bond acceptors (Lipinski definition) is 3. The van der Waals surface area contributed by atoms with Crippen LogP contribution in [-0.4, -0.2) is 36.9 Å². The first-order valence-electron chi connectivity index (χ1n) is 10.3. The fraction of sp³-hybridized carbons (Fsp3) is 0.636. The molecule has 1 aromatic rings. The van der Waals surface area contributed by atoms with Gasteiger partial charge < -0.3 is 15.1 Å². The quantitative estimate of drug-likeness (QED) is 0.734. The van der Waals surface area contributed by atoms with Gasteiger partial charge in [0.2, 0.25) is 11.8 Å². The summed E-state index contributed by atoms with van der Waals surface area (Å²) in [4.78, 5) is 29.0. The predicted octanol–water partition coefficient (Wildman–Crippen LogP) is 4.42. The Morgan fingerprint density at radius 1 is 1.19 bits per heavy atom. The summed E-state index contributed by atoms with van der Waals surface area (Å²) in [5.74, 6) is 0.425. The molecule has 0 saturated heterocycles. The lowest BCUT2D eigenvalue weighted by atomic mass is 10.1. The highest BCUT2D eigenvalue weighted by Gasteiger charge is 2.23. The zero-order valence-electron chi connectivity index (χ0n) is 17.5. The van der Waals surface area contributed by atoms with Gasteiger partial charge >= 0.3 is 0 Å². The number of nitrogens with one attached hydrogen (secondary N) is 1. The van der Waals surface area contributed by atoms with E-state index in [0.29, 0.717) is 13.0 Å². The van der Waals surface area contributed by atoms with E-state index in [0.717, 1.165) is 49.0 Å². The number of carbonyl (C=O) groups is 2. The van der Waals surface area contributed by atoms with E-state index in [-0.39, 0.29) is 23.8 Å². The summed E-state index contributed by atoms with van der Waals surface area (Å²) in [5, 5.41) is 3.09. The van der Waals surface area contributed by atoms with Gasteiger partial charge in [0, 0.05) is 50.4 Å². The van der Waals surface area contributed by atoms with Gasteiger partial charge in [-0.2, -0.15) is 0 Å². The lowest BCUT2D eigenvalue weighted by Gasteiger charge is -2.30. The molecular weight excluding hydrogens is 338 g/mol. The standard InChI is InChI=1S/C22H35N3O2/c1-6-16(3)25(21(26)7-2)15-18-14-19(12-13-20(18)24(4)5)23-22(27)17-10-8-9-11-17/h12-14,16-17H,6-11,15H2,1-5H3,(H,23,27)/t16-/m1/s1. The van der Waals surface area contributed by atoms with Gasteiger partial charge in [0.05, 0.1) is 0 Å². The Morgan fingerprint density at radius 3 is 2.41 bits per heavy atom. The number of anilines is 2. The topological polar surface area (TPSA) is 52.7 Å². The summed E-state index contributed by atoms with van der Waals surface area (Å²) in [6.07, 6.45) is 5.68. The third-order valence-electron chi connectivity index (χ3n) is 5.64. The molecule has 0 aromatic heterocycles. The van der Waals surface area contributed by atoms with Gasteiger partial charge in [0.1, 0.15) is 0 Å². The molecule has 2 amide bonds. The maximum absolute atomic E-state index is 12.5. The number of rotatable bonds is 8. The molecule has 0 radical (unpaired) electrons. The first-order chi connectivity index (χ1) is 12.9. The van der Waals surface area contributed by atoms with Crippen LogP contribution in [0.3, 0.4) is 0 Å². The first-order valence-corrected chi connectivity index (χ1v) is 10.3. The van der Waals surface area contributed by atoms with Crippen LogP contribution in [0.15, 0.2) is 18.2 Å². The van der Waals surface area contributed by atoms with Crippen molar-refractivity contribution in [2.24, 2.45) is 5.92 Å². The summed E-state index contributed by atoms with van der Waals surface area (Å²) in [6, 6.07) is 6.20. The fourth-order valence-electron chi connectivity index (χ4n) is 3.76. The molecule has 5 heteroatoms. The molecule has 27 heavy (non-hydrogen) atoms. The third kappa shape index (κ3) is 5.47. The van der Waals surface area contributed by atoms with E-state index in [4.69, 9.17) is 0 Å². The smallest absolute Gasteiger partial charge is 0.227 e. The van der Waals surface area contributed by atoms with E-state index < -0.39 is 0 Å². The Bertz CT molecular complexity index is 651. The Balaban J connectivity index is 2.25. The van der Waals surface area contributed by atoms with Crippen LogP contribution in [0.4, 0.5) is 11.4 Å². The Morgan fingerprint density at radius 2 is 1.85 bits per heavy atom. The Kier molecular flexibility index (Phi) is 7.69. The molecule has 0 bridgehead atoms. The van der Waals surface area contributed by atoms with Gasteiger partial charge in [-0.05, 0) is 49.9 Å². The minimum Gasteiger partial charge on any atom is -0.377 e. The monoisotopic (exact) mass is 373 g/mol. The number of amides is 2. The molecule has 2 rings (SSSR count). The first kappa shape index (κ1) is 21.3. The largest absolute Gasteiger partial charge is 0.377 e. The highest BCUT2D eigenvalue weighted by atomic mass is 16.2. The lowest BCUT2D eigenvalue weighted by molar-refractivity contribution is -0.133. The molecule has 1 aliphatic rings. The maximum atomic E-state index is 12.5. The second-order valence-corrected chi connectivity index (χ2v) is 7.84. The van der Waals surface area contributed by atoms with Crippen LogP contribution in [0.1, 0.15) is 64.9 Å². The normalized spacial score (nSPS) is 15.4. The average molecular weight is 374 g/mol. The van der Waals surface area contributed by atoms with Crippen LogP contribution in [0, 0.1) is 5.92 Å². The molecule has 0 heterocycles. The van der Waals surface area contributed by atoms with E-state index >= 15 is 0 Å². The molecule has 1 aromatic carbocycles. The molecule has 1 aliphatic carbocycles. The van der Waals surface area contributed by atoms with Crippen molar-refractivity contribution in [3.8, 4) is 0 Å². The van der Waals surface area contributed by atoms with Crippen molar-refractivity contribution in [1.29, 1.82) is 0 Å². The molecule has 150 valence electrons. The van der Waals surface area contributed by atoms with E-state index in [1.807, 2.05) is 44.1 Å². The predicted molar refractivity (Wildman–Crippen MR) is 112 cm³/mol. The van der Waals surface area contributed by atoms with Gasteiger partial charge in [0.25, 0.3) is 0 Å². The highest BCUT2D eigenvalue weighted by molar-refractivity contribution is 5.93. The van der Waals surface area contributed by atoms with Crippen molar-refractivity contribution < 1.29 is 9.59 Å². The van der Waals surface area contributed by atoms with Crippen molar-refractivity contribution in [2.75, 3.05) is 24.3 Å². The van der Waals surface area contributed by atoms with Crippen LogP contribution < -0.4 is 10.2 Å². The number of nitrogens with zero attached hydrogens (tertiary/aromatic N) is 2. The molecule has 5 nitrogen and oxygen atoms in total. The van der Waals surface area contributed by atoms with Gasteiger partial charge in [-0.25, -0.2) is 0 Å². The van der Waals surface area contributed by atoms with E-state index in [1.165, 1.54) is 0 Å². The molecule has 0 spiro atoms. The van der Waals surface area contributed by atoms with Crippen LogP contribution >= 0.6 is 0 Å². The van der Waals surface area contributed by atoms with Crippen LogP contribution in [0.5, 0.6) is 0 Å². The second kappa shape index (κ2) is 9.77. The lowest BCUT2D eigenvalue weighted by Crippen LogP contribution is -2.37. The Labute approximate surface area is 164 Å². The summed E-state index contributed by atoms with van der Waals surface area (Å²) >= 11 is 0. The van der Waals surface area contributed by atoms with Gasteiger partial charge in [-0.15, -0.1) is 0 Å². The zero-order chi connectivity index (χ0) is 20.0. The van der Waals surface area contributed by atoms with Crippen molar-refractivity contribution in [3.63, 3.8) is 0 Å². The van der Waals surface area contributed by atoms with Crippen molar-refractivity contribution in [3.05, 3.63) is 23.8 Å². The number of benzene rings is 1. The molecular formula is C22H35N3O2. The SMILES string of the molecule is CCC(=O)N(Cc1cc(NC(=O)C2CCCC2)ccc1N(C)C)[C@H](C)CC. The molecule has 0 aliphatic heterocycles. The molecule has 1 atom stereocenters. The minimum atomic E-state index is 0.125. The fourth-order valence-corrected chi connectivity index (χ4v) is 3.76. The average Bonchev–Trinajstić information content (AvgIpc) is 3.19. The summed E-state index contributed by atoms with van der Waals surface area (Å²) in [6.45, 7) is 6.66. The second-order valence-electron chi connectivity index (χ2n) is 7.84. The third-order valence-corrected chi connectivity index (χ3v) is 5.64. The molecule has 0 unspecified atom stereocenters. The zero-order valence-corrected chi connectivity index (χ0v) is 17.5. The maximum Gasteiger partial charge on any atom is 0.227 e.